The Morgan fingerprint density at radius 2 is 2.11 bits per heavy atom. The van der Waals surface area contributed by atoms with Crippen molar-refractivity contribution in [1.82, 2.24) is 25.2 Å². The first-order valence-electron chi connectivity index (χ1n) is 9.09. The van der Waals surface area contributed by atoms with E-state index >= 15 is 0 Å². The van der Waals surface area contributed by atoms with Crippen molar-refractivity contribution in [3.05, 3.63) is 36.6 Å². The van der Waals surface area contributed by atoms with Crippen LogP contribution in [0.4, 0.5) is 15.0 Å². The van der Waals surface area contributed by atoms with Crippen LogP contribution in [0.1, 0.15) is 12.3 Å². The smallest absolute Gasteiger partial charge is 0.323 e. The van der Waals surface area contributed by atoms with Gasteiger partial charge >= 0.3 is 6.03 Å². The van der Waals surface area contributed by atoms with Crippen LogP contribution in [0.15, 0.2) is 35.1 Å². The average molecular weight is 384 g/mol. The summed E-state index contributed by atoms with van der Waals surface area (Å²) in [4.78, 5) is 26.7. The van der Waals surface area contributed by atoms with Crippen LogP contribution in [0.25, 0.3) is 22.2 Å². The molecule has 1 fully saturated rings. The second-order valence-corrected chi connectivity index (χ2v) is 6.81. The van der Waals surface area contributed by atoms with Gasteiger partial charge in [0.2, 0.25) is 0 Å². The highest BCUT2D eigenvalue weighted by Crippen LogP contribution is 2.24. The van der Waals surface area contributed by atoms with E-state index in [-0.39, 0.29) is 18.6 Å². The fourth-order valence-electron chi connectivity index (χ4n) is 3.33. The topological polar surface area (TPSA) is 96.2 Å². The molecule has 2 atom stereocenters. The molecule has 2 amide bonds. The Balaban J connectivity index is 1.51. The fourth-order valence-corrected chi connectivity index (χ4v) is 3.33. The molecule has 3 aromatic heterocycles. The van der Waals surface area contributed by atoms with Gasteiger partial charge in [0.1, 0.15) is 12.0 Å². The summed E-state index contributed by atoms with van der Waals surface area (Å²) in [6.07, 6.45) is 4.40. The number of urea groups is 1. The van der Waals surface area contributed by atoms with E-state index in [4.69, 9.17) is 4.42 Å². The Morgan fingerprint density at radius 1 is 1.25 bits per heavy atom. The molecule has 0 spiro atoms. The SMILES string of the molecule is CN[C@@H]1CCN(C(=O)Nc2cc3cc(-c4cnc(C)o4)cnc3cn2)C[C@H]1F. The number of aromatic nitrogens is 3. The lowest BCUT2D eigenvalue weighted by Crippen LogP contribution is -2.52. The standard InChI is InChI=1S/C19H21FN6O2/c1-11-22-9-17(28-11)13-5-12-6-18(24-8-16(12)23-7-13)25-19(27)26-4-3-15(21-2)14(20)10-26/h5-9,14-15,21H,3-4,10H2,1-2H3,(H,24,25,27)/t14-,15-/m1/s1. The molecular weight excluding hydrogens is 363 g/mol. The number of hydrogen-bond donors (Lipinski definition) is 2. The molecule has 146 valence electrons. The van der Waals surface area contributed by atoms with Crippen LogP contribution < -0.4 is 10.6 Å². The van der Waals surface area contributed by atoms with Crippen molar-refractivity contribution >= 4 is 22.8 Å². The summed E-state index contributed by atoms with van der Waals surface area (Å²) in [5.41, 5.74) is 1.47. The van der Waals surface area contributed by atoms with E-state index < -0.39 is 6.17 Å². The van der Waals surface area contributed by atoms with Crippen molar-refractivity contribution in [2.24, 2.45) is 0 Å². The van der Waals surface area contributed by atoms with Crippen LogP contribution in [0.2, 0.25) is 0 Å². The highest BCUT2D eigenvalue weighted by atomic mass is 19.1. The molecule has 4 heterocycles. The van der Waals surface area contributed by atoms with Crippen LogP contribution in [0.5, 0.6) is 0 Å². The molecule has 3 aromatic rings. The zero-order chi connectivity index (χ0) is 19.7. The van der Waals surface area contributed by atoms with Gasteiger partial charge in [-0.2, -0.15) is 0 Å². The number of fused-ring (bicyclic) bond motifs is 1. The van der Waals surface area contributed by atoms with Crippen LogP contribution in [-0.2, 0) is 0 Å². The molecule has 0 unspecified atom stereocenters. The second-order valence-electron chi connectivity index (χ2n) is 6.81. The lowest BCUT2D eigenvalue weighted by atomic mass is 10.0. The van der Waals surface area contributed by atoms with Gasteiger partial charge in [0, 0.05) is 36.7 Å². The molecule has 0 bridgehead atoms. The van der Waals surface area contributed by atoms with E-state index in [2.05, 4.69) is 25.6 Å². The second kappa shape index (κ2) is 7.51. The molecular formula is C19H21FN6O2. The number of anilines is 1. The minimum absolute atomic E-state index is 0.0570. The number of halogens is 1. The minimum atomic E-state index is -1.09. The number of amides is 2. The molecule has 0 aromatic carbocycles. The first kappa shape index (κ1) is 18.3. The Bertz CT molecular complexity index is 1010. The molecule has 1 aliphatic heterocycles. The summed E-state index contributed by atoms with van der Waals surface area (Å²) < 4.78 is 19.6. The van der Waals surface area contributed by atoms with Crippen molar-refractivity contribution in [3.8, 4) is 11.3 Å². The number of aryl methyl sites for hydroxylation is 1. The van der Waals surface area contributed by atoms with Gasteiger partial charge in [0.05, 0.1) is 24.5 Å². The van der Waals surface area contributed by atoms with Gasteiger partial charge in [-0.15, -0.1) is 0 Å². The Labute approximate surface area is 161 Å². The van der Waals surface area contributed by atoms with E-state index in [0.29, 0.717) is 36.0 Å². The molecule has 2 N–H and O–H groups in total. The quantitative estimate of drug-likeness (QED) is 0.721. The Kier molecular flexibility index (Phi) is 4.91. The lowest BCUT2D eigenvalue weighted by Gasteiger charge is -2.34. The van der Waals surface area contributed by atoms with Crippen molar-refractivity contribution in [2.75, 3.05) is 25.5 Å². The van der Waals surface area contributed by atoms with Crippen LogP contribution in [0, 0.1) is 6.92 Å². The van der Waals surface area contributed by atoms with Crippen molar-refractivity contribution in [2.45, 2.75) is 25.6 Å². The zero-order valence-corrected chi connectivity index (χ0v) is 15.6. The molecule has 9 heteroatoms. The van der Waals surface area contributed by atoms with Crippen LogP contribution >= 0.6 is 0 Å². The maximum atomic E-state index is 14.1. The van der Waals surface area contributed by atoms with Crippen molar-refractivity contribution in [1.29, 1.82) is 0 Å². The van der Waals surface area contributed by atoms with Crippen molar-refractivity contribution < 1.29 is 13.6 Å². The number of nitrogens with one attached hydrogen (secondary N) is 2. The molecule has 1 saturated heterocycles. The molecule has 4 rings (SSSR count). The zero-order valence-electron chi connectivity index (χ0n) is 15.6. The van der Waals surface area contributed by atoms with Gasteiger partial charge in [-0.1, -0.05) is 0 Å². The molecule has 0 saturated carbocycles. The lowest BCUT2D eigenvalue weighted by molar-refractivity contribution is 0.126. The normalized spacial score (nSPS) is 19.8. The predicted molar refractivity (Wildman–Crippen MR) is 103 cm³/mol. The number of likely N-dealkylation sites (tertiary alicyclic amines) is 1. The van der Waals surface area contributed by atoms with Crippen LogP contribution in [-0.4, -0.2) is 58.2 Å². The number of nitrogens with zero attached hydrogens (tertiary/aromatic N) is 4. The van der Waals surface area contributed by atoms with E-state index in [1.54, 1.807) is 38.6 Å². The predicted octanol–water partition coefficient (Wildman–Crippen LogP) is 2.76. The number of rotatable bonds is 3. The third-order valence-electron chi connectivity index (χ3n) is 4.91. The monoisotopic (exact) mass is 384 g/mol. The highest BCUT2D eigenvalue weighted by molar-refractivity contribution is 5.91. The maximum absolute atomic E-state index is 14.1. The summed E-state index contributed by atoms with van der Waals surface area (Å²) in [6, 6.07) is 3.06. The first-order valence-corrected chi connectivity index (χ1v) is 9.09. The first-order chi connectivity index (χ1) is 13.5. The summed E-state index contributed by atoms with van der Waals surface area (Å²) in [6.45, 7) is 2.32. The van der Waals surface area contributed by atoms with Gasteiger partial charge in [-0.3, -0.25) is 10.3 Å². The van der Waals surface area contributed by atoms with E-state index in [9.17, 15) is 9.18 Å². The molecule has 28 heavy (non-hydrogen) atoms. The number of carbonyl (C=O) groups excluding carboxylic acids is 1. The van der Waals surface area contributed by atoms with Gasteiger partial charge < -0.3 is 14.6 Å². The summed E-state index contributed by atoms with van der Waals surface area (Å²) in [5, 5.41) is 6.48. The minimum Gasteiger partial charge on any atom is -0.441 e. The van der Waals surface area contributed by atoms with Gasteiger partial charge in [-0.05, 0) is 25.6 Å². The number of piperidine rings is 1. The number of carbonyl (C=O) groups is 1. The molecule has 0 radical (unpaired) electrons. The summed E-state index contributed by atoms with van der Waals surface area (Å²) >= 11 is 0. The van der Waals surface area contributed by atoms with Crippen LogP contribution in [0.3, 0.4) is 0 Å². The fraction of sp³-hybridized carbons (Fsp3) is 0.368. The maximum Gasteiger partial charge on any atom is 0.323 e. The third kappa shape index (κ3) is 3.65. The van der Waals surface area contributed by atoms with Gasteiger partial charge in [0.15, 0.2) is 11.7 Å². The molecule has 8 nitrogen and oxygen atoms in total. The number of pyridine rings is 2. The number of alkyl halides is 1. The summed E-state index contributed by atoms with van der Waals surface area (Å²) in [5.74, 6) is 1.58. The highest BCUT2D eigenvalue weighted by Gasteiger charge is 2.30. The Morgan fingerprint density at radius 3 is 2.82 bits per heavy atom. The Hall–Kier alpha value is -3.07. The largest absolute Gasteiger partial charge is 0.441 e. The van der Waals surface area contributed by atoms with Gasteiger partial charge in [0.25, 0.3) is 0 Å². The number of oxazole rings is 1. The molecule has 1 aliphatic rings. The van der Waals surface area contributed by atoms with E-state index in [1.165, 1.54) is 4.90 Å². The summed E-state index contributed by atoms with van der Waals surface area (Å²) in [7, 11) is 1.73. The van der Waals surface area contributed by atoms with E-state index in [0.717, 1.165) is 10.9 Å². The molecule has 0 aliphatic carbocycles. The third-order valence-corrected chi connectivity index (χ3v) is 4.91. The van der Waals surface area contributed by atoms with E-state index in [1.807, 2.05) is 6.07 Å². The number of hydrogen-bond acceptors (Lipinski definition) is 6. The van der Waals surface area contributed by atoms with Crippen molar-refractivity contribution in [3.63, 3.8) is 0 Å². The van der Waals surface area contributed by atoms with Gasteiger partial charge in [-0.25, -0.2) is 19.2 Å². The average Bonchev–Trinajstić information content (AvgIpc) is 3.13.